The molecule has 1 N–H and O–H groups in total. The summed E-state index contributed by atoms with van der Waals surface area (Å²) < 4.78 is 10.4. The van der Waals surface area contributed by atoms with Crippen molar-refractivity contribution in [1.29, 1.82) is 0 Å². The molecule has 0 saturated carbocycles. The van der Waals surface area contributed by atoms with Crippen molar-refractivity contribution < 1.29 is 19.4 Å². The Labute approximate surface area is 125 Å². The Hall–Kier alpha value is -1.75. The lowest BCUT2D eigenvalue weighted by molar-refractivity contribution is -0.133. The largest absolute Gasteiger partial charge is 0.493 e. The van der Waals surface area contributed by atoms with Crippen LogP contribution in [0.25, 0.3) is 0 Å². The molecule has 0 aromatic heterocycles. The number of ether oxygens (including phenoxy) is 2. The van der Waals surface area contributed by atoms with Gasteiger partial charge in [-0.05, 0) is 30.0 Å². The molecule has 2 atom stereocenters. The quantitative estimate of drug-likeness (QED) is 0.913. The highest BCUT2D eigenvalue weighted by molar-refractivity contribution is 5.79. The molecule has 1 heterocycles. The third kappa shape index (κ3) is 3.67. The number of methoxy groups -OCH3 is 2. The van der Waals surface area contributed by atoms with E-state index in [2.05, 4.69) is 0 Å². The van der Waals surface area contributed by atoms with Crippen molar-refractivity contribution in [3.05, 3.63) is 23.8 Å². The first kappa shape index (κ1) is 15.6. The van der Waals surface area contributed by atoms with E-state index in [-0.39, 0.29) is 17.9 Å². The van der Waals surface area contributed by atoms with E-state index >= 15 is 0 Å². The van der Waals surface area contributed by atoms with Gasteiger partial charge in [0.05, 0.1) is 26.7 Å². The molecule has 21 heavy (non-hydrogen) atoms. The molecule has 1 aliphatic heterocycles. The van der Waals surface area contributed by atoms with Gasteiger partial charge in [-0.3, -0.25) is 4.79 Å². The molecule has 2 unspecified atom stereocenters. The standard InChI is InChI=1S/C16H23NO4/c1-11-10-17(7-6-13(11)18)16(19)9-12-4-5-14(20-2)15(8-12)21-3/h4-5,8,11,13,18H,6-7,9-10H2,1-3H3. The first-order chi connectivity index (χ1) is 10.0. The zero-order valence-electron chi connectivity index (χ0n) is 12.8. The molecule has 0 bridgehead atoms. The van der Waals surface area contributed by atoms with Crippen molar-refractivity contribution in [3.63, 3.8) is 0 Å². The Morgan fingerprint density at radius 3 is 2.67 bits per heavy atom. The molecule has 0 radical (unpaired) electrons. The van der Waals surface area contributed by atoms with Gasteiger partial charge in [-0.15, -0.1) is 0 Å². The second-order valence-electron chi connectivity index (χ2n) is 5.54. The number of hydrogen-bond acceptors (Lipinski definition) is 4. The Morgan fingerprint density at radius 2 is 2.05 bits per heavy atom. The van der Waals surface area contributed by atoms with Gasteiger partial charge < -0.3 is 19.5 Å². The van der Waals surface area contributed by atoms with Gasteiger partial charge in [0.25, 0.3) is 0 Å². The number of aliphatic hydroxyl groups excluding tert-OH is 1. The number of amides is 1. The highest BCUT2D eigenvalue weighted by Crippen LogP contribution is 2.28. The average molecular weight is 293 g/mol. The number of piperidine rings is 1. The summed E-state index contributed by atoms with van der Waals surface area (Å²) in [6.45, 7) is 3.21. The lowest BCUT2D eigenvalue weighted by Crippen LogP contribution is -2.45. The van der Waals surface area contributed by atoms with Crippen LogP contribution in [-0.4, -0.2) is 49.3 Å². The fourth-order valence-corrected chi connectivity index (χ4v) is 2.64. The lowest BCUT2D eigenvalue weighted by Gasteiger charge is -2.34. The third-order valence-corrected chi connectivity index (χ3v) is 4.02. The molecule has 1 saturated heterocycles. The van der Waals surface area contributed by atoms with Gasteiger partial charge in [0.15, 0.2) is 11.5 Å². The van der Waals surface area contributed by atoms with E-state index in [1.165, 1.54) is 0 Å². The minimum absolute atomic E-state index is 0.0842. The Morgan fingerprint density at radius 1 is 1.33 bits per heavy atom. The Bertz CT molecular complexity index is 503. The van der Waals surface area contributed by atoms with Crippen molar-refractivity contribution in [2.75, 3.05) is 27.3 Å². The van der Waals surface area contributed by atoms with Crippen LogP contribution in [-0.2, 0) is 11.2 Å². The summed E-state index contributed by atoms with van der Waals surface area (Å²) in [5.74, 6) is 1.50. The van der Waals surface area contributed by atoms with Crippen LogP contribution in [0.5, 0.6) is 11.5 Å². The molecule has 1 aliphatic rings. The first-order valence-corrected chi connectivity index (χ1v) is 7.22. The van der Waals surface area contributed by atoms with Gasteiger partial charge in [-0.2, -0.15) is 0 Å². The number of benzene rings is 1. The van der Waals surface area contributed by atoms with E-state index < -0.39 is 0 Å². The summed E-state index contributed by atoms with van der Waals surface area (Å²) in [6, 6.07) is 5.52. The number of likely N-dealkylation sites (tertiary alicyclic amines) is 1. The monoisotopic (exact) mass is 293 g/mol. The maximum atomic E-state index is 12.3. The summed E-state index contributed by atoms with van der Waals surface area (Å²) >= 11 is 0. The van der Waals surface area contributed by atoms with Crippen LogP contribution in [0, 0.1) is 5.92 Å². The van der Waals surface area contributed by atoms with Crippen molar-refractivity contribution in [2.45, 2.75) is 25.9 Å². The fourth-order valence-electron chi connectivity index (χ4n) is 2.64. The van der Waals surface area contributed by atoms with Crippen LogP contribution in [0.3, 0.4) is 0 Å². The summed E-state index contributed by atoms with van der Waals surface area (Å²) in [5, 5.41) is 9.72. The number of aliphatic hydroxyl groups is 1. The lowest BCUT2D eigenvalue weighted by atomic mass is 9.96. The van der Waals surface area contributed by atoms with Gasteiger partial charge in [0.2, 0.25) is 5.91 Å². The predicted octanol–water partition coefficient (Wildman–Crippen LogP) is 1.48. The number of rotatable bonds is 4. The number of nitrogens with zero attached hydrogens (tertiary/aromatic N) is 1. The van der Waals surface area contributed by atoms with Crippen molar-refractivity contribution in [1.82, 2.24) is 4.90 Å². The van der Waals surface area contributed by atoms with Gasteiger partial charge in [-0.1, -0.05) is 13.0 Å². The van der Waals surface area contributed by atoms with Gasteiger partial charge >= 0.3 is 0 Å². The minimum atomic E-state index is -0.296. The van der Waals surface area contributed by atoms with E-state index in [1.54, 1.807) is 14.2 Å². The fraction of sp³-hybridized carbons (Fsp3) is 0.562. The Kier molecular flexibility index (Phi) is 5.07. The molecular weight excluding hydrogens is 270 g/mol. The number of hydrogen-bond donors (Lipinski definition) is 1. The Balaban J connectivity index is 2.02. The molecular formula is C16H23NO4. The van der Waals surface area contributed by atoms with Crippen molar-refractivity contribution >= 4 is 5.91 Å². The normalized spacial score (nSPS) is 22.0. The van der Waals surface area contributed by atoms with E-state index in [0.29, 0.717) is 37.4 Å². The highest BCUT2D eigenvalue weighted by Gasteiger charge is 2.27. The van der Waals surface area contributed by atoms with Gasteiger partial charge in [0, 0.05) is 13.1 Å². The van der Waals surface area contributed by atoms with Crippen LogP contribution < -0.4 is 9.47 Å². The van der Waals surface area contributed by atoms with Crippen LogP contribution in [0.1, 0.15) is 18.9 Å². The zero-order chi connectivity index (χ0) is 15.4. The molecule has 0 spiro atoms. The van der Waals surface area contributed by atoms with E-state index in [9.17, 15) is 9.90 Å². The van der Waals surface area contributed by atoms with Gasteiger partial charge in [-0.25, -0.2) is 0 Å². The molecule has 116 valence electrons. The van der Waals surface area contributed by atoms with Crippen LogP contribution in [0.15, 0.2) is 18.2 Å². The van der Waals surface area contributed by atoms with Crippen molar-refractivity contribution in [3.8, 4) is 11.5 Å². The maximum Gasteiger partial charge on any atom is 0.227 e. The highest BCUT2D eigenvalue weighted by atomic mass is 16.5. The summed E-state index contributed by atoms with van der Waals surface area (Å²) in [4.78, 5) is 14.2. The first-order valence-electron chi connectivity index (χ1n) is 7.22. The summed E-state index contributed by atoms with van der Waals surface area (Å²) in [5.41, 5.74) is 0.899. The van der Waals surface area contributed by atoms with E-state index in [4.69, 9.17) is 9.47 Å². The maximum absolute atomic E-state index is 12.3. The van der Waals surface area contributed by atoms with Crippen LogP contribution in [0.4, 0.5) is 0 Å². The van der Waals surface area contributed by atoms with Crippen LogP contribution in [0.2, 0.25) is 0 Å². The average Bonchev–Trinajstić information content (AvgIpc) is 2.49. The molecule has 5 nitrogen and oxygen atoms in total. The van der Waals surface area contributed by atoms with E-state index in [1.807, 2.05) is 30.0 Å². The van der Waals surface area contributed by atoms with Crippen LogP contribution >= 0.6 is 0 Å². The van der Waals surface area contributed by atoms with Gasteiger partial charge in [0.1, 0.15) is 0 Å². The SMILES string of the molecule is COc1ccc(CC(=O)N2CCC(O)C(C)C2)cc1OC. The smallest absolute Gasteiger partial charge is 0.227 e. The predicted molar refractivity (Wildman–Crippen MR) is 79.6 cm³/mol. The third-order valence-electron chi connectivity index (χ3n) is 4.02. The van der Waals surface area contributed by atoms with E-state index in [0.717, 1.165) is 5.56 Å². The number of carbonyl (C=O) groups is 1. The molecule has 1 aromatic carbocycles. The molecule has 2 rings (SSSR count). The summed E-state index contributed by atoms with van der Waals surface area (Å²) in [6.07, 6.45) is 0.692. The molecule has 0 aliphatic carbocycles. The molecule has 5 heteroatoms. The second kappa shape index (κ2) is 6.80. The second-order valence-corrected chi connectivity index (χ2v) is 5.54. The number of carbonyl (C=O) groups excluding carboxylic acids is 1. The molecule has 1 fully saturated rings. The minimum Gasteiger partial charge on any atom is -0.493 e. The molecule has 1 amide bonds. The van der Waals surface area contributed by atoms with Crippen molar-refractivity contribution in [2.24, 2.45) is 5.92 Å². The summed E-state index contributed by atoms with van der Waals surface area (Å²) in [7, 11) is 3.17. The molecule has 1 aromatic rings. The topological polar surface area (TPSA) is 59.0 Å². The zero-order valence-corrected chi connectivity index (χ0v) is 12.8.